The van der Waals surface area contributed by atoms with Crippen molar-refractivity contribution in [3.8, 4) is 0 Å². The van der Waals surface area contributed by atoms with Gasteiger partial charge < -0.3 is 10.8 Å². The maximum Gasteiger partial charge on any atom is 0.126 e. The van der Waals surface area contributed by atoms with Crippen molar-refractivity contribution in [2.24, 2.45) is 11.1 Å². The average molecular weight is 211 g/mol. The van der Waals surface area contributed by atoms with Crippen molar-refractivity contribution < 1.29 is 9.50 Å². The second-order valence-corrected chi connectivity index (χ2v) is 4.63. The molecule has 0 aliphatic heterocycles. The molecule has 1 aromatic carbocycles. The minimum atomic E-state index is -0.399. The zero-order valence-corrected chi connectivity index (χ0v) is 9.42. The number of aliphatic hydroxyl groups excluding tert-OH is 1. The van der Waals surface area contributed by atoms with Crippen molar-refractivity contribution in [1.29, 1.82) is 0 Å². The third-order valence-electron chi connectivity index (χ3n) is 2.79. The van der Waals surface area contributed by atoms with Crippen LogP contribution in [0.1, 0.15) is 31.0 Å². The van der Waals surface area contributed by atoms with E-state index in [0.717, 1.165) is 5.56 Å². The standard InChI is InChI=1S/C12H18FNO/c1-8-6-9(4-5-10(8)13)11(14)12(2,3)7-15/h4-6,11,15H,7,14H2,1-3H3/t11-/m0/s1. The third-order valence-corrected chi connectivity index (χ3v) is 2.79. The number of hydrogen-bond acceptors (Lipinski definition) is 2. The van der Waals surface area contributed by atoms with Gasteiger partial charge in [-0.25, -0.2) is 4.39 Å². The molecule has 0 aliphatic rings. The van der Waals surface area contributed by atoms with Crippen LogP contribution in [0.15, 0.2) is 18.2 Å². The molecule has 2 nitrogen and oxygen atoms in total. The van der Waals surface area contributed by atoms with Gasteiger partial charge in [-0.15, -0.1) is 0 Å². The Labute approximate surface area is 89.9 Å². The van der Waals surface area contributed by atoms with Crippen LogP contribution in [-0.4, -0.2) is 11.7 Å². The molecule has 84 valence electrons. The molecular weight excluding hydrogens is 193 g/mol. The lowest BCUT2D eigenvalue weighted by Gasteiger charge is -2.29. The Morgan fingerprint density at radius 2 is 2.07 bits per heavy atom. The number of aliphatic hydroxyl groups is 1. The van der Waals surface area contributed by atoms with Crippen LogP contribution in [0.5, 0.6) is 0 Å². The molecule has 3 heteroatoms. The van der Waals surface area contributed by atoms with Crippen LogP contribution in [0.4, 0.5) is 4.39 Å². The molecule has 0 radical (unpaired) electrons. The first kappa shape index (κ1) is 12.1. The normalized spacial score (nSPS) is 14.0. The molecule has 0 saturated carbocycles. The maximum absolute atomic E-state index is 13.1. The molecule has 1 atom stereocenters. The molecule has 0 aliphatic carbocycles. The van der Waals surface area contributed by atoms with Gasteiger partial charge in [-0.3, -0.25) is 0 Å². The Hall–Kier alpha value is -0.930. The van der Waals surface area contributed by atoms with Crippen molar-refractivity contribution >= 4 is 0 Å². The van der Waals surface area contributed by atoms with Crippen molar-refractivity contribution in [2.75, 3.05) is 6.61 Å². The molecule has 0 saturated heterocycles. The molecule has 0 amide bonds. The predicted molar refractivity (Wildman–Crippen MR) is 58.9 cm³/mol. The van der Waals surface area contributed by atoms with Crippen LogP contribution in [0.2, 0.25) is 0 Å². The van der Waals surface area contributed by atoms with Crippen LogP contribution < -0.4 is 5.73 Å². The molecule has 3 N–H and O–H groups in total. The summed E-state index contributed by atoms with van der Waals surface area (Å²) >= 11 is 0. The van der Waals surface area contributed by atoms with Crippen molar-refractivity contribution in [1.82, 2.24) is 0 Å². The molecule has 0 unspecified atom stereocenters. The van der Waals surface area contributed by atoms with E-state index in [1.807, 2.05) is 13.8 Å². The van der Waals surface area contributed by atoms with E-state index in [1.54, 1.807) is 19.1 Å². The molecule has 1 aromatic rings. The number of nitrogens with two attached hydrogens (primary N) is 1. The highest BCUT2D eigenvalue weighted by molar-refractivity contribution is 5.27. The van der Waals surface area contributed by atoms with Crippen molar-refractivity contribution in [3.63, 3.8) is 0 Å². The quantitative estimate of drug-likeness (QED) is 0.804. The highest BCUT2D eigenvalue weighted by Crippen LogP contribution is 2.31. The van der Waals surface area contributed by atoms with Gasteiger partial charge in [0.2, 0.25) is 0 Å². The van der Waals surface area contributed by atoms with E-state index in [2.05, 4.69) is 0 Å². The first-order valence-electron chi connectivity index (χ1n) is 5.01. The van der Waals surface area contributed by atoms with Gasteiger partial charge in [0, 0.05) is 18.1 Å². The fourth-order valence-electron chi connectivity index (χ4n) is 1.41. The van der Waals surface area contributed by atoms with Gasteiger partial charge in [-0.1, -0.05) is 26.0 Å². The van der Waals surface area contributed by atoms with Crippen molar-refractivity contribution in [2.45, 2.75) is 26.8 Å². The molecule has 1 rings (SSSR count). The Morgan fingerprint density at radius 1 is 1.47 bits per heavy atom. The van der Waals surface area contributed by atoms with Gasteiger partial charge in [0.1, 0.15) is 5.82 Å². The Kier molecular flexibility index (Phi) is 3.47. The summed E-state index contributed by atoms with van der Waals surface area (Å²) < 4.78 is 13.1. The zero-order valence-electron chi connectivity index (χ0n) is 9.42. The van der Waals surface area contributed by atoms with E-state index in [-0.39, 0.29) is 18.5 Å². The second kappa shape index (κ2) is 4.29. The molecule has 0 fully saturated rings. The fourth-order valence-corrected chi connectivity index (χ4v) is 1.41. The second-order valence-electron chi connectivity index (χ2n) is 4.63. The minimum Gasteiger partial charge on any atom is -0.396 e. The first-order valence-corrected chi connectivity index (χ1v) is 5.01. The molecule has 15 heavy (non-hydrogen) atoms. The van der Waals surface area contributed by atoms with Crippen molar-refractivity contribution in [3.05, 3.63) is 35.1 Å². The summed E-state index contributed by atoms with van der Waals surface area (Å²) in [6.07, 6.45) is 0. The molecule has 0 bridgehead atoms. The lowest BCUT2D eigenvalue weighted by atomic mass is 9.81. The summed E-state index contributed by atoms with van der Waals surface area (Å²) in [4.78, 5) is 0. The monoisotopic (exact) mass is 211 g/mol. The van der Waals surface area contributed by atoms with E-state index in [9.17, 15) is 9.50 Å². The van der Waals surface area contributed by atoms with Gasteiger partial charge in [0.25, 0.3) is 0 Å². The van der Waals surface area contributed by atoms with Gasteiger partial charge in [0.15, 0.2) is 0 Å². The molecule has 0 aromatic heterocycles. The fraction of sp³-hybridized carbons (Fsp3) is 0.500. The number of halogens is 1. The van der Waals surface area contributed by atoms with Gasteiger partial charge >= 0.3 is 0 Å². The van der Waals surface area contributed by atoms with Gasteiger partial charge in [-0.2, -0.15) is 0 Å². The van der Waals surface area contributed by atoms with Gasteiger partial charge in [0.05, 0.1) is 0 Å². The lowest BCUT2D eigenvalue weighted by molar-refractivity contribution is 0.132. The predicted octanol–water partition coefficient (Wildman–Crippen LogP) is 2.15. The van der Waals surface area contributed by atoms with Gasteiger partial charge in [-0.05, 0) is 24.1 Å². The first-order chi connectivity index (χ1) is 6.88. The molecule has 0 heterocycles. The van der Waals surface area contributed by atoms with Crippen LogP contribution in [0, 0.1) is 18.2 Å². The van der Waals surface area contributed by atoms with E-state index < -0.39 is 5.41 Å². The lowest BCUT2D eigenvalue weighted by Crippen LogP contribution is -2.32. The summed E-state index contributed by atoms with van der Waals surface area (Å²) in [5.74, 6) is -0.229. The summed E-state index contributed by atoms with van der Waals surface area (Å²) in [6.45, 7) is 5.48. The number of hydrogen-bond donors (Lipinski definition) is 2. The molecule has 0 spiro atoms. The maximum atomic E-state index is 13.1. The average Bonchev–Trinajstić information content (AvgIpc) is 2.21. The summed E-state index contributed by atoms with van der Waals surface area (Å²) in [6, 6.07) is 4.53. The summed E-state index contributed by atoms with van der Waals surface area (Å²) in [7, 11) is 0. The summed E-state index contributed by atoms with van der Waals surface area (Å²) in [5, 5.41) is 9.20. The SMILES string of the molecule is Cc1cc([C@H](N)C(C)(C)CO)ccc1F. The van der Waals surface area contributed by atoms with E-state index in [4.69, 9.17) is 5.73 Å². The molecular formula is C12H18FNO. The topological polar surface area (TPSA) is 46.2 Å². The van der Waals surface area contributed by atoms with E-state index >= 15 is 0 Å². The smallest absolute Gasteiger partial charge is 0.126 e. The zero-order chi connectivity index (χ0) is 11.6. The number of rotatable bonds is 3. The van der Waals surface area contributed by atoms with Crippen LogP contribution in [0.25, 0.3) is 0 Å². The highest BCUT2D eigenvalue weighted by atomic mass is 19.1. The minimum absolute atomic E-state index is 0.00455. The largest absolute Gasteiger partial charge is 0.396 e. The Morgan fingerprint density at radius 3 is 2.53 bits per heavy atom. The number of aryl methyl sites for hydroxylation is 1. The van der Waals surface area contributed by atoms with Crippen LogP contribution in [0.3, 0.4) is 0 Å². The Balaban J connectivity index is 3.02. The van der Waals surface area contributed by atoms with Crippen LogP contribution in [-0.2, 0) is 0 Å². The number of benzene rings is 1. The van der Waals surface area contributed by atoms with E-state index in [1.165, 1.54) is 6.07 Å². The Bertz CT molecular complexity index is 349. The third kappa shape index (κ3) is 2.55. The summed E-state index contributed by atoms with van der Waals surface area (Å²) in [5.41, 5.74) is 7.06. The highest BCUT2D eigenvalue weighted by Gasteiger charge is 2.27. The van der Waals surface area contributed by atoms with E-state index in [0.29, 0.717) is 5.56 Å². The van der Waals surface area contributed by atoms with Crippen LogP contribution >= 0.6 is 0 Å².